The van der Waals surface area contributed by atoms with Crippen molar-refractivity contribution in [2.45, 2.75) is 6.92 Å². The monoisotopic (exact) mass is 193 g/mol. The molecule has 0 fully saturated rings. The van der Waals surface area contributed by atoms with Crippen molar-refractivity contribution >= 4 is 6.08 Å². The first-order valence-electron chi connectivity index (χ1n) is 4.11. The van der Waals surface area contributed by atoms with Gasteiger partial charge >= 0.3 is 0 Å². The fourth-order valence-electron chi connectivity index (χ4n) is 1.06. The molecule has 0 heterocycles. The fourth-order valence-corrected chi connectivity index (χ4v) is 1.06. The molecule has 0 bridgehead atoms. The third kappa shape index (κ3) is 2.32. The number of ether oxygens (including phenoxy) is 1. The van der Waals surface area contributed by atoms with Gasteiger partial charge in [0.2, 0.25) is 5.70 Å². The summed E-state index contributed by atoms with van der Waals surface area (Å²) >= 11 is 0. The fraction of sp³-hybridized carbons (Fsp3) is 0.200. The van der Waals surface area contributed by atoms with Crippen LogP contribution in [-0.4, -0.2) is 12.0 Å². The van der Waals surface area contributed by atoms with Gasteiger partial charge in [0.25, 0.3) is 0 Å². The average molecular weight is 193 g/mol. The highest BCUT2D eigenvalue weighted by Gasteiger charge is 2.05. The Hall–Kier alpha value is -1.84. The van der Waals surface area contributed by atoms with E-state index in [1.165, 1.54) is 20.1 Å². The van der Waals surface area contributed by atoms with Crippen LogP contribution < -0.4 is 4.74 Å². The maximum absolute atomic E-state index is 10.4. The molecular weight excluding hydrogens is 182 g/mol. The molecule has 4 heteroatoms. The SMILES string of the molecule is COc1ccccc1/C=C(\C)[N+](=O)[O-]. The molecule has 0 N–H and O–H groups in total. The Kier molecular flexibility index (Phi) is 3.23. The zero-order chi connectivity index (χ0) is 10.6. The van der Waals surface area contributed by atoms with E-state index in [0.717, 1.165) is 0 Å². The van der Waals surface area contributed by atoms with Crippen LogP contribution in [0.2, 0.25) is 0 Å². The molecule has 0 radical (unpaired) electrons. The summed E-state index contributed by atoms with van der Waals surface area (Å²) in [6.07, 6.45) is 1.48. The maximum atomic E-state index is 10.4. The third-order valence-electron chi connectivity index (χ3n) is 1.79. The lowest BCUT2D eigenvalue weighted by Gasteiger charge is -2.02. The second-order valence-electron chi connectivity index (χ2n) is 2.78. The van der Waals surface area contributed by atoms with Gasteiger partial charge in [-0.15, -0.1) is 0 Å². The topological polar surface area (TPSA) is 52.4 Å². The minimum absolute atomic E-state index is 0.0921. The molecule has 0 saturated heterocycles. The van der Waals surface area contributed by atoms with E-state index in [-0.39, 0.29) is 5.70 Å². The van der Waals surface area contributed by atoms with Crippen molar-refractivity contribution < 1.29 is 9.66 Å². The molecule has 74 valence electrons. The van der Waals surface area contributed by atoms with E-state index in [2.05, 4.69) is 0 Å². The Morgan fingerprint density at radius 1 is 1.50 bits per heavy atom. The molecule has 0 amide bonds. The number of hydrogen-bond donors (Lipinski definition) is 0. The van der Waals surface area contributed by atoms with Gasteiger partial charge in [0.05, 0.1) is 12.0 Å². The van der Waals surface area contributed by atoms with Crippen LogP contribution in [0.25, 0.3) is 6.08 Å². The Morgan fingerprint density at radius 2 is 2.14 bits per heavy atom. The van der Waals surface area contributed by atoms with Crippen LogP contribution >= 0.6 is 0 Å². The van der Waals surface area contributed by atoms with E-state index in [0.29, 0.717) is 11.3 Å². The molecule has 0 unspecified atom stereocenters. The van der Waals surface area contributed by atoms with E-state index < -0.39 is 4.92 Å². The summed E-state index contributed by atoms with van der Waals surface area (Å²) in [5.41, 5.74) is 0.804. The molecule has 0 aliphatic rings. The van der Waals surface area contributed by atoms with Gasteiger partial charge in [-0.25, -0.2) is 0 Å². The third-order valence-corrected chi connectivity index (χ3v) is 1.79. The summed E-state index contributed by atoms with van der Waals surface area (Å²) < 4.78 is 5.06. The number of para-hydroxylation sites is 1. The van der Waals surface area contributed by atoms with Crippen molar-refractivity contribution in [1.82, 2.24) is 0 Å². The van der Waals surface area contributed by atoms with E-state index >= 15 is 0 Å². The molecule has 4 nitrogen and oxygen atoms in total. The van der Waals surface area contributed by atoms with E-state index in [1.807, 2.05) is 12.1 Å². The van der Waals surface area contributed by atoms with Crippen LogP contribution in [-0.2, 0) is 0 Å². The van der Waals surface area contributed by atoms with Crippen LogP contribution in [0.1, 0.15) is 12.5 Å². The summed E-state index contributed by atoms with van der Waals surface area (Å²) in [4.78, 5) is 9.98. The summed E-state index contributed by atoms with van der Waals surface area (Å²) in [5, 5.41) is 10.4. The quantitative estimate of drug-likeness (QED) is 0.546. The van der Waals surface area contributed by atoms with Gasteiger partial charge in [-0.05, 0) is 6.07 Å². The number of allylic oxidation sites excluding steroid dienone is 1. The highest BCUT2D eigenvalue weighted by molar-refractivity contribution is 5.58. The lowest BCUT2D eigenvalue weighted by molar-refractivity contribution is -0.422. The molecule has 0 aromatic heterocycles. The number of hydrogen-bond acceptors (Lipinski definition) is 3. The number of benzene rings is 1. The molecule has 0 spiro atoms. The predicted octanol–water partition coefficient (Wildman–Crippen LogP) is 2.33. The van der Waals surface area contributed by atoms with Crippen molar-refractivity contribution in [3.05, 3.63) is 45.6 Å². The van der Waals surface area contributed by atoms with Crippen LogP contribution in [0.5, 0.6) is 5.75 Å². The first-order chi connectivity index (χ1) is 6.65. The van der Waals surface area contributed by atoms with Gasteiger partial charge in [-0.1, -0.05) is 18.2 Å². The first-order valence-corrected chi connectivity index (χ1v) is 4.11. The highest BCUT2D eigenvalue weighted by atomic mass is 16.6. The summed E-state index contributed by atoms with van der Waals surface area (Å²) in [6.45, 7) is 1.45. The normalized spacial score (nSPS) is 11.1. The molecule has 1 aromatic carbocycles. The zero-order valence-corrected chi connectivity index (χ0v) is 8.06. The van der Waals surface area contributed by atoms with Crippen LogP contribution in [0.4, 0.5) is 0 Å². The highest BCUT2D eigenvalue weighted by Crippen LogP contribution is 2.20. The zero-order valence-electron chi connectivity index (χ0n) is 8.06. The van der Waals surface area contributed by atoms with Crippen molar-refractivity contribution in [3.8, 4) is 5.75 Å². The van der Waals surface area contributed by atoms with E-state index in [4.69, 9.17) is 4.74 Å². The molecule has 0 atom stereocenters. The minimum Gasteiger partial charge on any atom is -0.496 e. The number of rotatable bonds is 3. The summed E-state index contributed by atoms with van der Waals surface area (Å²) in [6, 6.07) is 7.16. The number of nitrogens with zero attached hydrogens (tertiary/aromatic N) is 1. The Labute approximate surface area is 82.0 Å². The number of methoxy groups -OCH3 is 1. The van der Waals surface area contributed by atoms with Crippen molar-refractivity contribution in [2.24, 2.45) is 0 Å². The molecule has 1 rings (SSSR count). The molecule has 0 aliphatic heterocycles. The van der Waals surface area contributed by atoms with Gasteiger partial charge in [0, 0.05) is 18.6 Å². The maximum Gasteiger partial charge on any atom is 0.243 e. The van der Waals surface area contributed by atoms with Crippen LogP contribution in [0.15, 0.2) is 30.0 Å². The van der Waals surface area contributed by atoms with Crippen LogP contribution in [0.3, 0.4) is 0 Å². The standard InChI is InChI=1S/C10H11NO3/c1-8(11(12)13)7-9-5-3-4-6-10(9)14-2/h3-7H,1-2H3/b8-7+. The van der Waals surface area contributed by atoms with E-state index in [1.54, 1.807) is 12.1 Å². The van der Waals surface area contributed by atoms with E-state index in [9.17, 15) is 10.1 Å². The van der Waals surface area contributed by atoms with Gasteiger partial charge in [0.1, 0.15) is 5.75 Å². The smallest absolute Gasteiger partial charge is 0.243 e. The predicted molar refractivity (Wildman–Crippen MR) is 53.6 cm³/mol. The second-order valence-corrected chi connectivity index (χ2v) is 2.78. The van der Waals surface area contributed by atoms with Gasteiger partial charge < -0.3 is 4.74 Å². The Bertz CT molecular complexity index is 371. The lowest BCUT2D eigenvalue weighted by atomic mass is 10.2. The second kappa shape index (κ2) is 4.41. The molecular formula is C10H11NO3. The van der Waals surface area contributed by atoms with Crippen LogP contribution in [0, 0.1) is 10.1 Å². The van der Waals surface area contributed by atoms with Gasteiger partial charge in [-0.2, -0.15) is 0 Å². The lowest BCUT2D eigenvalue weighted by Crippen LogP contribution is -1.94. The Balaban J connectivity index is 3.07. The van der Waals surface area contributed by atoms with Gasteiger partial charge in [0.15, 0.2) is 0 Å². The minimum atomic E-state index is -0.424. The largest absolute Gasteiger partial charge is 0.496 e. The van der Waals surface area contributed by atoms with Gasteiger partial charge in [-0.3, -0.25) is 10.1 Å². The van der Waals surface area contributed by atoms with Crippen molar-refractivity contribution in [3.63, 3.8) is 0 Å². The van der Waals surface area contributed by atoms with Crippen molar-refractivity contribution in [2.75, 3.05) is 7.11 Å². The number of nitro groups is 1. The summed E-state index contributed by atoms with van der Waals surface area (Å²) in [5.74, 6) is 0.633. The molecule has 0 saturated carbocycles. The average Bonchev–Trinajstić information content (AvgIpc) is 2.18. The summed E-state index contributed by atoms with van der Waals surface area (Å²) in [7, 11) is 1.54. The Morgan fingerprint density at radius 3 is 2.71 bits per heavy atom. The van der Waals surface area contributed by atoms with Crippen molar-refractivity contribution in [1.29, 1.82) is 0 Å². The first kappa shape index (κ1) is 10.2. The molecule has 14 heavy (non-hydrogen) atoms. The molecule has 0 aliphatic carbocycles. The molecule has 1 aromatic rings.